The van der Waals surface area contributed by atoms with E-state index in [4.69, 9.17) is 10.8 Å². The Morgan fingerprint density at radius 3 is 2.63 bits per heavy atom. The Kier molecular flexibility index (Phi) is 5.36. The van der Waals surface area contributed by atoms with Crippen molar-refractivity contribution >= 4 is 17.6 Å². The van der Waals surface area contributed by atoms with Crippen molar-refractivity contribution in [3.05, 3.63) is 29.8 Å². The molecule has 4 N–H and O–H groups in total. The zero-order valence-corrected chi connectivity index (χ0v) is 11.2. The fourth-order valence-corrected chi connectivity index (χ4v) is 1.80. The van der Waals surface area contributed by atoms with Crippen LogP contribution in [0.25, 0.3) is 0 Å². The Hall–Kier alpha value is -2.04. The van der Waals surface area contributed by atoms with Gasteiger partial charge < -0.3 is 16.2 Å². The average molecular weight is 264 g/mol. The summed E-state index contributed by atoms with van der Waals surface area (Å²) in [6.45, 7) is 3.70. The molecule has 0 saturated carbocycles. The number of benzene rings is 1. The second kappa shape index (κ2) is 6.78. The van der Waals surface area contributed by atoms with Gasteiger partial charge in [-0.3, -0.25) is 4.79 Å². The number of hydrogen-bond donors (Lipinski definition) is 3. The molecule has 1 aromatic carbocycles. The van der Waals surface area contributed by atoms with Crippen molar-refractivity contribution in [3.63, 3.8) is 0 Å². The number of carboxylic acid groups (broad SMARTS) is 1. The second-order valence-corrected chi connectivity index (χ2v) is 4.69. The van der Waals surface area contributed by atoms with Crippen LogP contribution in [-0.4, -0.2) is 23.0 Å². The predicted molar refractivity (Wildman–Crippen MR) is 73.6 cm³/mol. The van der Waals surface area contributed by atoms with Gasteiger partial charge in [0.05, 0.1) is 6.42 Å². The zero-order chi connectivity index (χ0) is 14.4. The summed E-state index contributed by atoms with van der Waals surface area (Å²) < 4.78 is 0. The summed E-state index contributed by atoms with van der Waals surface area (Å²) in [5, 5.41) is 11.7. The molecule has 0 aliphatic rings. The Morgan fingerprint density at radius 1 is 1.42 bits per heavy atom. The Balaban J connectivity index is 2.65. The van der Waals surface area contributed by atoms with E-state index in [2.05, 4.69) is 5.32 Å². The van der Waals surface area contributed by atoms with Crippen LogP contribution in [0.2, 0.25) is 0 Å². The fraction of sp³-hybridized carbons (Fsp3) is 0.429. The molecule has 0 radical (unpaired) electrons. The first-order valence-electron chi connectivity index (χ1n) is 6.30. The molecule has 0 aromatic heterocycles. The molecule has 0 saturated heterocycles. The van der Waals surface area contributed by atoms with Crippen molar-refractivity contribution in [1.29, 1.82) is 0 Å². The second-order valence-electron chi connectivity index (χ2n) is 4.69. The van der Waals surface area contributed by atoms with Gasteiger partial charge in [0, 0.05) is 5.69 Å². The number of rotatable bonds is 6. The van der Waals surface area contributed by atoms with E-state index < -0.39 is 12.0 Å². The van der Waals surface area contributed by atoms with Crippen LogP contribution in [0.1, 0.15) is 25.8 Å². The minimum Gasteiger partial charge on any atom is -0.480 e. The Bertz CT molecular complexity index is 460. The van der Waals surface area contributed by atoms with Gasteiger partial charge in [0.25, 0.3) is 0 Å². The van der Waals surface area contributed by atoms with Crippen molar-refractivity contribution in [1.82, 2.24) is 5.32 Å². The third-order valence-corrected chi connectivity index (χ3v) is 3.11. The van der Waals surface area contributed by atoms with Crippen molar-refractivity contribution < 1.29 is 14.7 Å². The highest BCUT2D eigenvalue weighted by molar-refractivity contribution is 5.85. The molecule has 0 unspecified atom stereocenters. The molecule has 0 aliphatic carbocycles. The normalized spacial score (nSPS) is 13.6. The first-order valence-corrected chi connectivity index (χ1v) is 6.30. The lowest BCUT2D eigenvalue weighted by molar-refractivity contribution is -0.143. The van der Waals surface area contributed by atoms with Crippen LogP contribution in [-0.2, 0) is 16.0 Å². The van der Waals surface area contributed by atoms with Crippen LogP contribution in [0.4, 0.5) is 5.69 Å². The minimum atomic E-state index is -1.00. The van der Waals surface area contributed by atoms with E-state index in [1.54, 1.807) is 31.2 Å². The standard InChI is InChI=1S/C14H20N2O3/c1-3-9(2)13(14(18)19)16-12(17)8-10-5-4-6-11(15)7-10/h4-7,9,13H,3,8,15H2,1-2H3,(H,16,17)(H,18,19)/t9-,13-/m0/s1. The van der Waals surface area contributed by atoms with Crippen LogP contribution in [0.5, 0.6) is 0 Å². The number of nitrogens with one attached hydrogen (secondary N) is 1. The van der Waals surface area contributed by atoms with E-state index in [0.717, 1.165) is 5.56 Å². The Labute approximate surface area is 112 Å². The van der Waals surface area contributed by atoms with Crippen LogP contribution >= 0.6 is 0 Å². The smallest absolute Gasteiger partial charge is 0.326 e. The van der Waals surface area contributed by atoms with Crippen LogP contribution in [0.3, 0.4) is 0 Å². The van der Waals surface area contributed by atoms with E-state index in [1.807, 2.05) is 6.92 Å². The summed E-state index contributed by atoms with van der Waals surface area (Å²) in [6.07, 6.45) is 0.820. The maximum absolute atomic E-state index is 11.8. The maximum Gasteiger partial charge on any atom is 0.326 e. The van der Waals surface area contributed by atoms with E-state index in [9.17, 15) is 9.59 Å². The van der Waals surface area contributed by atoms with Crippen molar-refractivity contribution in [3.8, 4) is 0 Å². The molecule has 0 bridgehead atoms. The van der Waals surface area contributed by atoms with Gasteiger partial charge in [-0.2, -0.15) is 0 Å². The molecule has 2 atom stereocenters. The Morgan fingerprint density at radius 2 is 2.11 bits per heavy atom. The van der Waals surface area contributed by atoms with Gasteiger partial charge in [-0.05, 0) is 23.6 Å². The number of carbonyl (C=O) groups excluding carboxylic acids is 1. The molecule has 0 heterocycles. The third kappa shape index (κ3) is 4.62. The van der Waals surface area contributed by atoms with Crippen LogP contribution in [0, 0.1) is 5.92 Å². The SMILES string of the molecule is CC[C@H](C)[C@H](NC(=O)Cc1cccc(N)c1)C(=O)O. The van der Waals surface area contributed by atoms with Gasteiger partial charge in [0.1, 0.15) is 6.04 Å². The van der Waals surface area contributed by atoms with Crippen molar-refractivity contribution in [2.75, 3.05) is 5.73 Å². The number of amides is 1. The van der Waals surface area contributed by atoms with Gasteiger partial charge >= 0.3 is 5.97 Å². The molecule has 104 valence electrons. The molecule has 19 heavy (non-hydrogen) atoms. The molecule has 1 aromatic rings. The topological polar surface area (TPSA) is 92.4 Å². The number of hydrogen-bond acceptors (Lipinski definition) is 3. The van der Waals surface area contributed by atoms with Gasteiger partial charge in [-0.15, -0.1) is 0 Å². The number of carboxylic acids is 1. The third-order valence-electron chi connectivity index (χ3n) is 3.11. The summed E-state index contributed by atoms with van der Waals surface area (Å²) >= 11 is 0. The molecular formula is C14H20N2O3. The van der Waals surface area contributed by atoms with Crippen molar-refractivity contribution in [2.24, 2.45) is 5.92 Å². The van der Waals surface area contributed by atoms with E-state index in [-0.39, 0.29) is 18.2 Å². The molecule has 0 spiro atoms. The molecule has 1 rings (SSSR count). The number of aliphatic carboxylic acids is 1. The number of anilines is 1. The van der Waals surface area contributed by atoms with Gasteiger partial charge in [0.15, 0.2) is 0 Å². The van der Waals surface area contributed by atoms with Gasteiger partial charge in [-0.1, -0.05) is 32.4 Å². The lowest BCUT2D eigenvalue weighted by Gasteiger charge is -2.20. The molecule has 0 fully saturated rings. The van der Waals surface area contributed by atoms with Gasteiger partial charge in [0.2, 0.25) is 5.91 Å². The highest BCUT2D eigenvalue weighted by Gasteiger charge is 2.25. The number of nitrogens with two attached hydrogens (primary N) is 1. The average Bonchev–Trinajstić information content (AvgIpc) is 2.34. The van der Waals surface area contributed by atoms with Crippen molar-refractivity contribution in [2.45, 2.75) is 32.7 Å². The highest BCUT2D eigenvalue weighted by atomic mass is 16.4. The van der Waals surface area contributed by atoms with E-state index in [1.165, 1.54) is 0 Å². The first kappa shape index (κ1) is 15.0. The summed E-state index contributed by atoms with van der Waals surface area (Å²) in [5.41, 5.74) is 6.98. The summed E-state index contributed by atoms with van der Waals surface area (Å²) in [5.74, 6) is -1.42. The highest BCUT2D eigenvalue weighted by Crippen LogP contribution is 2.10. The predicted octanol–water partition coefficient (Wildman–Crippen LogP) is 1.43. The summed E-state index contributed by atoms with van der Waals surface area (Å²) in [4.78, 5) is 23.0. The first-order chi connectivity index (χ1) is 8.93. The molecule has 0 aliphatic heterocycles. The molecular weight excluding hydrogens is 244 g/mol. The minimum absolute atomic E-state index is 0.109. The fourth-order valence-electron chi connectivity index (χ4n) is 1.80. The molecule has 5 heteroatoms. The quantitative estimate of drug-likeness (QED) is 0.678. The van der Waals surface area contributed by atoms with E-state index in [0.29, 0.717) is 12.1 Å². The lowest BCUT2D eigenvalue weighted by Crippen LogP contribution is -2.45. The maximum atomic E-state index is 11.8. The van der Waals surface area contributed by atoms with E-state index >= 15 is 0 Å². The van der Waals surface area contributed by atoms with Crippen LogP contribution in [0.15, 0.2) is 24.3 Å². The zero-order valence-electron chi connectivity index (χ0n) is 11.2. The monoisotopic (exact) mass is 264 g/mol. The lowest BCUT2D eigenvalue weighted by atomic mass is 9.99. The molecule has 5 nitrogen and oxygen atoms in total. The largest absolute Gasteiger partial charge is 0.480 e. The number of nitrogen functional groups attached to an aromatic ring is 1. The van der Waals surface area contributed by atoms with Crippen LogP contribution < -0.4 is 11.1 Å². The summed E-state index contributed by atoms with van der Waals surface area (Å²) in [7, 11) is 0. The summed E-state index contributed by atoms with van der Waals surface area (Å²) in [6, 6.07) is 6.15. The molecule has 1 amide bonds. The van der Waals surface area contributed by atoms with Gasteiger partial charge in [-0.25, -0.2) is 4.79 Å². The number of carbonyl (C=O) groups is 2.